The van der Waals surface area contributed by atoms with Crippen LogP contribution in [0.1, 0.15) is 21.5 Å². The monoisotopic (exact) mass is 353 g/mol. The number of nitrogens with one attached hydrogen (secondary N) is 2. The van der Waals surface area contributed by atoms with Crippen molar-refractivity contribution in [1.29, 1.82) is 0 Å². The molecule has 132 valence electrons. The van der Waals surface area contributed by atoms with E-state index in [9.17, 15) is 13.6 Å². The Morgan fingerprint density at radius 3 is 2.50 bits per heavy atom. The van der Waals surface area contributed by atoms with Crippen LogP contribution in [0.2, 0.25) is 0 Å². The second-order valence-corrected chi connectivity index (χ2v) is 5.86. The van der Waals surface area contributed by atoms with Crippen molar-refractivity contribution in [2.75, 3.05) is 5.32 Å². The van der Waals surface area contributed by atoms with Crippen LogP contribution in [0.3, 0.4) is 0 Å². The Labute approximate surface area is 149 Å². The molecule has 3 aromatic rings. The highest BCUT2D eigenvalue weighted by Crippen LogP contribution is 2.23. The van der Waals surface area contributed by atoms with Crippen LogP contribution in [0.15, 0.2) is 60.9 Å². The normalized spacial score (nSPS) is 10.4. The molecule has 4 nitrogen and oxygen atoms in total. The van der Waals surface area contributed by atoms with E-state index < -0.39 is 11.6 Å². The van der Waals surface area contributed by atoms with E-state index in [4.69, 9.17) is 0 Å². The van der Waals surface area contributed by atoms with Crippen molar-refractivity contribution in [2.24, 2.45) is 0 Å². The van der Waals surface area contributed by atoms with Gasteiger partial charge in [-0.2, -0.15) is 0 Å². The molecule has 0 saturated heterocycles. The van der Waals surface area contributed by atoms with Crippen LogP contribution in [0.25, 0.3) is 0 Å². The largest absolute Gasteiger partial charge is 0.349 e. The number of carbonyl (C=O) groups is 1. The third-order valence-electron chi connectivity index (χ3n) is 3.77. The van der Waals surface area contributed by atoms with E-state index in [0.29, 0.717) is 17.8 Å². The van der Waals surface area contributed by atoms with Gasteiger partial charge in [0.2, 0.25) is 0 Å². The van der Waals surface area contributed by atoms with Gasteiger partial charge in [0.25, 0.3) is 5.91 Å². The molecule has 3 rings (SSSR count). The van der Waals surface area contributed by atoms with Crippen molar-refractivity contribution >= 4 is 17.3 Å². The maximum atomic E-state index is 13.7. The van der Waals surface area contributed by atoms with Gasteiger partial charge in [0.05, 0.1) is 17.4 Å². The number of benzene rings is 2. The van der Waals surface area contributed by atoms with Crippen LogP contribution >= 0.6 is 0 Å². The van der Waals surface area contributed by atoms with Gasteiger partial charge < -0.3 is 10.6 Å². The number of pyridine rings is 1. The van der Waals surface area contributed by atoms with E-state index in [2.05, 4.69) is 15.6 Å². The first-order valence-corrected chi connectivity index (χ1v) is 8.03. The first kappa shape index (κ1) is 17.5. The Morgan fingerprint density at radius 1 is 1.04 bits per heavy atom. The summed E-state index contributed by atoms with van der Waals surface area (Å²) in [6.07, 6.45) is 2.79. The highest BCUT2D eigenvalue weighted by molar-refractivity contribution is 5.94. The maximum Gasteiger partial charge on any atom is 0.253 e. The minimum Gasteiger partial charge on any atom is -0.349 e. The number of hydrogen-bond donors (Lipinski definition) is 2. The zero-order chi connectivity index (χ0) is 18.5. The summed E-state index contributed by atoms with van der Waals surface area (Å²) in [6, 6.07) is 12.9. The summed E-state index contributed by atoms with van der Waals surface area (Å²) in [4.78, 5) is 16.3. The average Bonchev–Trinajstić information content (AvgIpc) is 2.63. The van der Waals surface area contributed by atoms with Gasteiger partial charge in [-0.25, -0.2) is 8.78 Å². The fraction of sp³-hybridized carbons (Fsp3) is 0.100. The van der Waals surface area contributed by atoms with Gasteiger partial charge >= 0.3 is 0 Å². The molecule has 2 N–H and O–H groups in total. The maximum absolute atomic E-state index is 13.7. The zero-order valence-corrected chi connectivity index (χ0v) is 14.1. The first-order chi connectivity index (χ1) is 12.5. The van der Waals surface area contributed by atoms with Crippen molar-refractivity contribution in [3.05, 3.63) is 89.2 Å². The number of hydrogen-bond acceptors (Lipinski definition) is 3. The smallest absolute Gasteiger partial charge is 0.253 e. The molecule has 1 heterocycles. The van der Waals surface area contributed by atoms with Crippen molar-refractivity contribution in [2.45, 2.75) is 13.5 Å². The number of anilines is 2. The molecule has 26 heavy (non-hydrogen) atoms. The number of carbonyl (C=O) groups excluding carboxylic acids is 1. The van der Waals surface area contributed by atoms with Gasteiger partial charge in [-0.3, -0.25) is 9.78 Å². The topological polar surface area (TPSA) is 54.0 Å². The third kappa shape index (κ3) is 4.22. The Hall–Kier alpha value is -3.28. The van der Waals surface area contributed by atoms with Crippen molar-refractivity contribution in [3.63, 3.8) is 0 Å². The summed E-state index contributed by atoms with van der Waals surface area (Å²) in [5, 5.41) is 5.43. The van der Waals surface area contributed by atoms with Crippen molar-refractivity contribution in [1.82, 2.24) is 10.3 Å². The van der Waals surface area contributed by atoms with E-state index >= 15 is 0 Å². The molecule has 0 bridgehead atoms. The van der Waals surface area contributed by atoms with Crippen molar-refractivity contribution in [3.8, 4) is 0 Å². The minimum absolute atomic E-state index is 0.286. The standard InChI is InChI=1S/C20H17F2N3O/c1-13-4-2-5-14(8-13)10-24-20(26)15-9-16(12-23-11-15)25-19-17(21)6-3-7-18(19)22/h2-9,11-12,25H,10H2,1H3,(H,24,26). The molecule has 0 unspecified atom stereocenters. The molecule has 0 saturated carbocycles. The van der Waals surface area contributed by atoms with E-state index in [1.807, 2.05) is 31.2 Å². The SMILES string of the molecule is Cc1cccc(CNC(=O)c2cncc(Nc3c(F)cccc3F)c2)c1. The Balaban J connectivity index is 1.71. The second kappa shape index (κ2) is 7.74. The van der Waals surface area contributed by atoms with Crippen LogP contribution < -0.4 is 10.6 Å². The van der Waals surface area contributed by atoms with Crippen LogP contribution in [0.4, 0.5) is 20.2 Å². The number of rotatable bonds is 5. The van der Waals surface area contributed by atoms with Crippen LogP contribution in [-0.2, 0) is 6.54 Å². The molecule has 1 amide bonds. The Kier molecular flexibility index (Phi) is 5.22. The van der Waals surface area contributed by atoms with Crippen LogP contribution in [-0.4, -0.2) is 10.9 Å². The van der Waals surface area contributed by atoms with E-state index in [1.165, 1.54) is 24.5 Å². The number of aromatic nitrogens is 1. The lowest BCUT2D eigenvalue weighted by molar-refractivity contribution is 0.0950. The van der Waals surface area contributed by atoms with Gasteiger partial charge in [-0.05, 0) is 30.7 Å². The van der Waals surface area contributed by atoms with Gasteiger partial charge in [0.1, 0.15) is 17.3 Å². The van der Waals surface area contributed by atoms with Crippen molar-refractivity contribution < 1.29 is 13.6 Å². The first-order valence-electron chi connectivity index (χ1n) is 8.03. The third-order valence-corrected chi connectivity index (χ3v) is 3.77. The van der Waals surface area contributed by atoms with Gasteiger partial charge in [-0.1, -0.05) is 35.9 Å². The zero-order valence-electron chi connectivity index (χ0n) is 14.1. The van der Waals surface area contributed by atoms with Gasteiger partial charge in [0.15, 0.2) is 0 Å². The average molecular weight is 353 g/mol. The minimum atomic E-state index is -0.723. The lowest BCUT2D eigenvalue weighted by Crippen LogP contribution is -2.23. The fourth-order valence-electron chi connectivity index (χ4n) is 2.50. The molecule has 0 radical (unpaired) electrons. The van der Waals surface area contributed by atoms with Gasteiger partial charge in [0, 0.05) is 12.7 Å². The summed E-state index contributed by atoms with van der Waals surface area (Å²) in [5.41, 5.74) is 2.41. The summed E-state index contributed by atoms with van der Waals surface area (Å²) in [5.74, 6) is -1.77. The molecule has 0 aliphatic rings. The summed E-state index contributed by atoms with van der Waals surface area (Å²) in [7, 11) is 0. The molecular formula is C20H17F2N3O. The summed E-state index contributed by atoms with van der Waals surface area (Å²) in [6.45, 7) is 2.35. The fourth-order valence-corrected chi connectivity index (χ4v) is 2.50. The highest BCUT2D eigenvalue weighted by atomic mass is 19.1. The van der Waals surface area contributed by atoms with E-state index in [-0.39, 0.29) is 11.6 Å². The van der Waals surface area contributed by atoms with E-state index in [1.54, 1.807) is 0 Å². The number of halogens is 2. The molecule has 0 aliphatic heterocycles. The number of aryl methyl sites for hydroxylation is 1. The molecule has 6 heteroatoms. The molecule has 0 fully saturated rings. The molecule has 0 atom stereocenters. The molecular weight excluding hydrogens is 336 g/mol. The molecule has 0 aliphatic carbocycles. The predicted molar refractivity (Wildman–Crippen MR) is 96.2 cm³/mol. The summed E-state index contributed by atoms with van der Waals surface area (Å²) >= 11 is 0. The van der Waals surface area contributed by atoms with Crippen LogP contribution in [0.5, 0.6) is 0 Å². The number of para-hydroxylation sites is 1. The molecule has 1 aromatic heterocycles. The summed E-state index contributed by atoms with van der Waals surface area (Å²) < 4.78 is 27.5. The molecule has 0 spiro atoms. The number of nitrogens with zero attached hydrogens (tertiary/aromatic N) is 1. The lowest BCUT2D eigenvalue weighted by atomic mass is 10.1. The Bertz CT molecular complexity index is 924. The molecule has 2 aromatic carbocycles. The Morgan fingerprint density at radius 2 is 1.77 bits per heavy atom. The second-order valence-electron chi connectivity index (χ2n) is 5.86. The highest BCUT2D eigenvalue weighted by Gasteiger charge is 2.11. The number of amides is 1. The lowest BCUT2D eigenvalue weighted by Gasteiger charge is -2.10. The quantitative estimate of drug-likeness (QED) is 0.717. The predicted octanol–water partition coefficient (Wildman–Crippen LogP) is 4.34. The van der Waals surface area contributed by atoms with Gasteiger partial charge in [-0.15, -0.1) is 0 Å². The van der Waals surface area contributed by atoms with Crippen LogP contribution in [0, 0.1) is 18.6 Å². The van der Waals surface area contributed by atoms with E-state index in [0.717, 1.165) is 23.3 Å².